The van der Waals surface area contributed by atoms with Crippen LogP contribution in [0.4, 0.5) is 0 Å². The molecule has 1 heterocycles. The number of halogens is 2. The van der Waals surface area contributed by atoms with E-state index in [1.165, 1.54) is 0 Å². The highest BCUT2D eigenvalue weighted by atomic mass is 35.5. The molecule has 0 amide bonds. The lowest BCUT2D eigenvalue weighted by molar-refractivity contribution is 0.0160. The van der Waals surface area contributed by atoms with Gasteiger partial charge in [-0.05, 0) is 38.0 Å². The lowest BCUT2D eigenvalue weighted by Gasteiger charge is -2.30. The third-order valence-electron chi connectivity index (χ3n) is 3.25. The van der Waals surface area contributed by atoms with Crippen LogP contribution in [0.2, 0.25) is 5.02 Å². The van der Waals surface area contributed by atoms with Crippen LogP contribution < -0.4 is 4.74 Å². The van der Waals surface area contributed by atoms with Gasteiger partial charge in [-0.1, -0.05) is 11.6 Å². The Kier molecular flexibility index (Phi) is 3.86. The van der Waals surface area contributed by atoms with Crippen LogP contribution in [0.1, 0.15) is 30.7 Å². The average molecular weight is 275 g/mol. The minimum Gasteiger partial charge on any atom is -0.496 e. The van der Waals surface area contributed by atoms with Gasteiger partial charge in [-0.25, -0.2) is 0 Å². The first-order valence-corrected chi connectivity index (χ1v) is 6.50. The number of benzene rings is 1. The predicted molar refractivity (Wildman–Crippen MR) is 70.2 cm³/mol. The lowest BCUT2D eigenvalue weighted by atomic mass is 9.92. The van der Waals surface area contributed by atoms with Gasteiger partial charge < -0.3 is 9.47 Å². The molecule has 1 fully saturated rings. The molecule has 4 heteroatoms. The van der Waals surface area contributed by atoms with E-state index in [1.807, 2.05) is 19.1 Å². The fraction of sp³-hybridized carbons (Fsp3) is 0.538. The molecule has 0 aliphatic carbocycles. The maximum absolute atomic E-state index is 6.55. The van der Waals surface area contributed by atoms with Crippen LogP contribution in [0.3, 0.4) is 0 Å². The molecule has 2 nitrogen and oxygen atoms in total. The van der Waals surface area contributed by atoms with Crippen molar-refractivity contribution in [1.82, 2.24) is 0 Å². The number of hydrogen-bond donors (Lipinski definition) is 0. The Bertz CT molecular complexity index is 400. The molecule has 0 saturated carbocycles. The molecular weight excluding hydrogens is 259 g/mol. The van der Waals surface area contributed by atoms with Gasteiger partial charge in [-0.2, -0.15) is 0 Å². The maximum Gasteiger partial charge on any atom is 0.123 e. The second kappa shape index (κ2) is 5.05. The van der Waals surface area contributed by atoms with E-state index in [0.29, 0.717) is 5.02 Å². The molecule has 1 saturated heterocycles. The number of alkyl halides is 1. The highest BCUT2D eigenvalue weighted by Gasteiger charge is 2.39. The van der Waals surface area contributed by atoms with Crippen molar-refractivity contribution < 1.29 is 9.47 Å². The topological polar surface area (TPSA) is 18.5 Å². The van der Waals surface area contributed by atoms with E-state index >= 15 is 0 Å². The smallest absolute Gasteiger partial charge is 0.123 e. The number of rotatable bonds is 3. The molecular formula is C13H16Cl2O2. The molecule has 1 aromatic rings. The van der Waals surface area contributed by atoms with E-state index in [9.17, 15) is 0 Å². The van der Waals surface area contributed by atoms with Gasteiger partial charge in [0.1, 0.15) is 5.75 Å². The molecule has 0 spiro atoms. The van der Waals surface area contributed by atoms with Gasteiger partial charge in [0.15, 0.2) is 0 Å². The van der Waals surface area contributed by atoms with Crippen molar-refractivity contribution in [2.75, 3.05) is 13.7 Å². The second-order valence-electron chi connectivity index (χ2n) is 4.51. The van der Waals surface area contributed by atoms with Crippen LogP contribution in [0.25, 0.3) is 0 Å². The third kappa shape index (κ3) is 2.54. The summed E-state index contributed by atoms with van der Waals surface area (Å²) in [6.45, 7) is 2.81. The maximum atomic E-state index is 6.55. The van der Waals surface area contributed by atoms with E-state index in [2.05, 4.69) is 0 Å². The first-order chi connectivity index (χ1) is 8.07. The van der Waals surface area contributed by atoms with Gasteiger partial charge in [-0.3, -0.25) is 0 Å². The first-order valence-electron chi connectivity index (χ1n) is 5.68. The average Bonchev–Trinajstić information content (AvgIpc) is 2.76. The Hall–Kier alpha value is -0.440. The summed E-state index contributed by atoms with van der Waals surface area (Å²) >= 11 is 12.6. The standard InChI is InChI=1S/C13H16Cl2O2/c1-13(6-3-7-17-13)12(15)10-8-9(14)4-5-11(10)16-2/h4-5,8,12H,3,6-7H2,1-2H3. The molecule has 1 aliphatic rings. The van der Waals surface area contributed by atoms with Gasteiger partial charge in [0.25, 0.3) is 0 Å². The monoisotopic (exact) mass is 274 g/mol. The Morgan fingerprint density at radius 3 is 2.82 bits per heavy atom. The van der Waals surface area contributed by atoms with Crippen LogP contribution in [-0.2, 0) is 4.74 Å². The van der Waals surface area contributed by atoms with Crippen LogP contribution in [-0.4, -0.2) is 19.3 Å². The van der Waals surface area contributed by atoms with Crippen LogP contribution >= 0.6 is 23.2 Å². The zero-order valence-electron chi connectivity index (χ0n) is 10.0. The molecule has 0 bridgehead atoms. The van der Waals surface area contributed by atoms with Crippen LogP contribution in [0.15, 0.2) is 18.2 Å². The molecule has 0 radical (unpaired) electrons. The minimum absolute atomic E-state index is 0.251. The molecule has 2 unspecified atom stereocenters. The van der Waals surface area contributed by atoms with E-state index in [1.54, 1.807) is 13.2 Å². The summed E-state index contributed by atoms with van der Waals surface area (Å²) in [5, 5.41) is 0.409. The van der Waals surface area contributed by atoms with Gasteiger partial charge in [0.2, 0.25) is 0 Å². The normalized spacial score (nSPS) is 25.9. The fourth-order valence-corrected chi connectivity index (χ4v) is 2.76. The van der Waals surface area contributed by atoms with Crippen LogP contribution in [0, 0.1) is 0 Å². The molecule has 2 atom stereocenters. The Labute approximate surface area is 112 Å². The highest BCUT2D eigenvalue weighted by Crippen LogP contribution is 2.45. The largest absolute Gasteiger partial charge is 0.496 e. The van der Waals surface area contributed by atoms with Crippen molar-refractivity contribution in [2.45, 2.75) is 30.7 Å². The van der Waals surface area contributed by atoms with Crippen molar-refractivity contribution in [1.29, 1.82) is 0 Å². The summed E-state index contributed by atoms with van der Waals surface area (Å²) in [6, 6.07) is 5.49. The lowest BCUT2D eigenvalue weighted by Crippen LogP contribution is -2.29. The van der Waals surface area contributed by atoms with Crippen molar-refractivity contribution in [3.05, 3.63) is 28.8 Å². The summed E-state index contributed by atoms with van der Waals surface area (Å²) < 4.78 is 11.1. The zero-order chi connectivity index (χ0) is 12.5. The quantitative estimate of drug-likeness (QED) is 0.770. The molecule has 1 aromatic carbocycles. The van der Waals surface area contributed by atoms with Crippen molar-refractivity contribution in [3.63, 3.8) is 0 Å². The van der Waals surface area contributed by atoms with E-state index in [0.717, 1.165) is 30.8 Å². The minimum atomic E-state index is -0.334. The van der Waals surface area contributed by atoms with E-state index in [4.69, 9.17) is 32.7 Å². The number of ether oxygens (including phenoxy) is 2. The summed E-state index contributed by atoms with van der Waals surface area (Å²) in [4.78, 5) is 0. The molecule has 1 aliphatic heterocycles. The van der Waals surface area contributed by atoms with Crippen molar-refractivity contribution in [2.24, 2.45) is 0 Å². The first kappa shape index (κ1) is 13.0. The van der Waals surface area contributed by atoms with Gasteiger partial charge in [0.05, 0.1) is 18.1 Å². The van der Waals surface area contributed by atoms with Gasteiger partial charge >= 0.3 is 0 Å². The molecule has 94 valence electrons. The van der Waals surface area contributed by atoms with Gasteiger partial charge in [0, 0.05) is 17.2 Å². The molecule has 2 rings (SSSR count). The van der Waals surface area contributed by atoms with Crippen molar-refractivity contribution in [3.8, 4) is 5.75 Å². The van der Waals surface area contributed by atoms with E-state index < -0.39 is 0 Å². The second-order valence-corrected chi connectivity index (χ2v) is 5.39. The fourth-order valence-electron chi connectivity index (χ4n) is 2.23. The highest BCUT2D eigenvalue weighted by molar-refractivity contribution is 6.31. The Morgan fingerprint density at radius 2 is 2.24 bits per heavy atom. The summed E-state index contributed by atoms with van der Waals surface area (Å²) in [7, 11) is 1.63. The zero-order valence-corrected chi connectivity index (χ0v) is 11.5. The summed E-state index contributed by atoms with van der Waals surface area (Å²) in [6.07, 6.45) is 2.00. The molecule has 0 N–H and O–H groups in total. The van der Waals surface area contributed by atoms with E-state index in [-0.39, 0.29) is 11.0 Å². The molecule has 0 aromatic heterocycles. The Morgan fingerprint density at radius 1 is 1.47 bits per heavy atom. The molecule has 17 heavy (non-hydrogen) atoms. The SMILES string of the molecule is COc1ccc(Cl)cc1C(Cl)C1(C)CCCO1. The Balaban J connectivity index is 2.35. The number of hydrogen-bond acceptors (Lipinski definition) is 2. The van der Waals surface area contributed by atoms with Crippen molar-refractivity contribution >= 4 is 23.2 Å². The van der Waals surface area contributed by atoms with Crippen LogP contribution in [0.5, 0.6) is 5.75 Å². The third-order valence-corrected chi connectivity index (χ3v) is 4.18. The summed E-state index contributed by atoms with van der Waals surface area (Å²) in [5.41, 5.74) is 0.561. The van der Waals surface area contributed by atoms with Gasteiger partial charge in [-0.15, -0.1) is 11.6 Å². The predicted octanol–water partition coefficient (Wildman–Crippen LogP) is 4.20. The number of methoxy groups -OCH3 is 1. The summed E-state index contributed by atoms with van der Waals surface area (Å²) in [5.74, 6) is 0.756.